The van der Waals surface area contributed by atoms with Crippen molar-refractivity contribution < 1.29 is 23.1 Å². The van der Waals surface area contributed by atoms with Gasteiger partial charge in [0.1, 0.15) is 0 Å². The van der Waals surface area contributed by atoms with Crippen molar-refractivity contribution in [3.63, 3.8) is 0 Å². The predicted octanol–water partition coefficient (Wildman–Crippen LogP) is 1.90. The zero-order chi connectivity index (χ0) is 12.6. The van der Waals surface area contributed by atoms with Crippen LogP contribution in [0.1, 0.15) is 13.3 Å². The maximum atomic E-state index is 12.7. The summed E-state index contributed by atoms with van der Waals surface area (Å²) in [4.78, 5) is 12.3. The number of carboxylic acids is 1. The molecule has 0 amide bonds. The summed E-state index contributed by atoms with van der Waals surface area (Å²) < 4.78 is 38.2. The van der Waals surface area contributed by atoms with Gasteiger partial charge < -0.3 is 5.11 Å². The Kier molecular flexibility index (Phi) is 3.33. The summed E-state index contributed by atoms with van der Waals surface area (Å²) >= 11 is 0. The van der Waals surface area contributed by atoms with Gasteiger partial charge in [0.05, 0.1) is 0 Å². The Hall–Kier alpha value is -1.04. The van der Waals surface area contributed by atoms with Gasteiger partial charge in [0.25, 0.3) is 0 Å². The number of carboxylic acid groups (broad SMARTS) is 1. The van der Waals surface area contributed by atoms with E-state index in [1.807, 2.05) is 0 Å². The Morgan fingerprint density at radius 3 is 2.44 bits per heavy atom. The average molecular weight is 237 g/mol. The van der Waals surface area contributed by atoms with Gasteiger partial charge in [-0.1, -0.05) is 12.2 Å². The van der Waals surface area contributed by atoms with E-state index < -0.39 is 24.1 Å². The number of halogens is 3. The summed E-state index contributed by atoms with van der Waals surface area (Å²) in [6, 6.07) is 0. The van der Waals surface area contributed by atoms with Crippen molar-refractivity contribution in [3.8, 4) is 0 Å². The van der Waals surface area contributed by atoms with Crippen LogP contribution in [-0.2, 0) is 4.79 Å². The van der Waals surface area contributed by atoms with Crippen LogP contribution in [0.5, 0.6) is 0 Å². The Labute approximate surface area is 91.5 Å². The van der Waals surface area contributed by atoms with Crippen LogP contribution in [0.4, 0.5) is 13.2 Å². The van der Waals surface area contributed by atoms with E-state index in [-0.39, 0.29) is 13.0 Å². The largest absolute Gasteiger partial charge is 0.481 e. The van der Waals surface area contributed by atoms with E-state index in [0.717, 1.165) is 5.57 Å². The highest BCUT2D eigenvalue weighted by molar-refractivity contribution is 5.76. The van der Waals surface area contributed by atoms with Gasteiger partial charge in [0.15, 0.2) is 5.41 Å². The van der Waals surface area contributed by atoms with E-state index in [0.29, 0.717) is 6.54 Å². The number of rotatable bonds is 3. The van der Waals surface area contributed by atoms with Crippen LogP contribution in [0, 0.1) is 5.41 Å². The highest BCUT2D eigenvalue weighted by atomic mass is 19.4. The van der Waals surface area contributed by atoms with Crippen LogP contribution < -0.4 is 0 Å². The van der Waals surface area contributed by atoms with Crippen molar-refractivity contribution in [2.24, 2.45) is 5.41 Å². The summed E-state index contributed by atoms with van der Waals surface area (Å²) in [7, 11) is 0. The van der Waals surface area contributed by atoms with E-state index in [1.54, 1.807) is 6.92 Å². The maximum Gasteiger partial charge on any atom is 0.406 e. The van der Waals surface area contributed by atoms with E-state index in [9.17, 15) is 18.0 Å². The molecule has 1 saturated heterocycles. The van der Waals surface area contributed by atoms with Gasteiger partial charge in [-0.25, -0.2) is 0 Å². The molecular weight excluding hydrogens is 223 g/mol. The van der Waals surface area contributed by atoms with Gasteiger partial charge in [0, 0.05) is 19.6 Å². The molecule has 1 fully saturated rings. The van der Waals surface area contributed by atoms with Gasteiger partial charge in [-0.2, -0.15) is 13.2 Å². The standard InChI is InChI=1S/C10H14F3NO2/c1-7(2)5-14-4-3-9(6-14,8(15)16)10(11,12)13/h1,3-6H2,2H3,(H,15,16). The Bertz CT molecular complexity index is 314. The van der Waals surface area contributed by atoms with Crippen LogP contribution in [0.25, 0.3) is 0 Å². The fraction of sp³-hybridized carbons (Fsp3) is 0.700. The molecule has 3 nitrogen and oxygen atoms in total. The fourth-order valence-corrected chi connectivity index (χ4v) is 1.93. The Balaban J connectivity index is 2.86. The van der Waals surface area contributed by atoms with Gasteiger partial charge >= 0.3 is 12.1 Å². The average Bonchev–Trinajstić information content (AvgIpc) is 2.46. The second kappa shape index (κ2) is 4.08. The third kappa shape index (κ3) is 2.21. The molecule has 0 radical (unpaired) electrons. The van der Waals surface area contributed by atoms with Crippen molar-refractivity contribution in [3.05, 3.63) is 12.2 Å². The zero-order valence-electron chi connectivity index (χ0n) is 8.97. The van der Waals surface area contributed by atoms with Crippen LogP contribution in [0.3, 0.4) is 0 Å². The highest BCUT2D eigenvalue weighted by Gasteiger charge is 2.63. The maximum absolute atomic E-state index is 12.7. The molecular formula is C10H14F3NO2. The first-order valence-corrected chi connectivity index (χ1v) is 4.86. The van der Waals surface area contributed by atoms with Crippen molar-refractivity contribution >= 4 is 5.97 Å². The van der Waals surface area contributed by atoms with E-state index >= 15 is 0 Å². The molecule has 0 aromatic rings. The van der Waals surface area contributed by atoms with Crippen LogP contribution in [-0.4, -0.2) is 41.8 Å². The number of alkyl halides is 3. The molecule has 0 aliphatic carbocycles. The second-order valence-electron chi connectivity index (χ2n) is 4.30. The van der Waals surface area contributed by atoms with E-state index in [4.69, 9.17) is 5.11 Å². The first-order valence-electron chi connectivity index (χ1n) is 4.86. The number of hydrogen-bond donors (Lipinski definition) is 1. The number of carbonyl (C=O) groups is 1. The van der Waals surface area contributed by atoms with Crippen molar-refractivity contribution in [2.45, 2.75) is 19.5 Å². The van der Waals surface area contributed by atoms with E-state index in [2.05, 4.69) is 6.58 Å². The number of nitrogens with zero attached hydrogens (tertiary/aromatic N) is 1. The Morgan fingerprint density at radius 2 is 2.12 bits per heavy atom. The molecule has 1 heterocycles. The number of likely N-dealkylation sites (tertiary alicyclic amines) is 1. The molecule has 0 saturated carbocycles. The zero-order valence-corrected chi connectivity index (χ0v) is 8.97. The minimum absolute atomic E-state index is 0.138. The normalized spacial score (nSPS) is 27.0. The lowest BCUT2D eigenvalue weighted by Gasteiger charge is -2.27. The summed E-state index contributed by atoms with van der Waals surface area (Å²) in [5, 5.41) is 8.78. The monoisotopic (exact) mass is 237 g/mol. The minimum Gasteiger partial charge on any atom is -0.481 e. The highest BCUT2D eigenvalue weighted by Crippen LogP contribution is 2.45. The van der Waals surface area contributed by atoms with Gasteiger partial charge in [-0.05, 0) is 13.3 Å². The summed E-state index contributed by atoms with van der Waals surface area (Å²) in [6.45, 7) is 5.27. The summed E-state index contributed by atoms with van der Waals surface area (Å²) in [5.41, 5.74) is -1.88. The molecule has 1 N–H and O–H groups in total. The molecule has 1 unspecified atom stereocenters. The van der Waals surface area contributed by atoms with Gasteiger partial charge in [-0.15, -0.1) is 0 Å². The first-order chi connectivity index (χ1) is 7.19. The quantitative estimate of drug-likeness (QED) is 0.762. The number of aliphatic carboxylic acids is 1. The molecule has 1 aliphatic rings. The van der Waals surface area contributed by atoms with E-state index in [1.165, 1.54) is 4.90 Å². The van der Waals surface area contributed by atoms with Gasteiger partial charge in [0.2, 0.25) is 0 Å². The molecule has 92 valence electrons. The molecule has 1 rings (SSSR count). The molecule has 0 aromatic heterocycles. The number of hydrogen-bond acceptors (Lipinski definition) is 2. The molecule has 0 bridgehead atoms. The van der Waals surface area contributed by atoms with Crippen LogP contribution >= 0.6 is 0 Å². The third-order valence-corrected chi connectivity index (χ3v) is 2.79. The molecule has 16 heavy (non-hydrogen) atoms. The summed E-state index contributed by atoms with van der Waals surface area (Å²) in [5.74, 6) is -1.79. The molecule has 1 aliphatic heterocycles. The van der Waals surface area contributed by atoms with Crippen molar-refractivity contribution in [1.82, 2.24) is 4.90 Å². The fourth-order valence-electron chi connectivity index (χ4n) is 1.93. The third-order valence-electron chi connectivity index (χ3n) is 2.79. The van der Waals surface area contributed by atoms with Crippen molar-refractivity contribution in [1.29, 1.82) is 0 Å². The van der Waals surface area contributed by atoms with Crippen LogP contribution in [0.2, 0.25) is 0 Å². The van der Waals surface area contributed by atoms with Crippen LogP contribution in [0.15, 0.2) is 12.2 Å². The topological polar surface area (TPSA) is 40.5 Å². The lowest BCUT2D eigenvalue weighted by molar-refractivity contribution is -0.227. The Morgan fingerprint density at radius 1 is 1.56 bits per heavy atom. The lowest BCUT2D eigenvalue weighted by Crippen LogP contribution is -2.47. The molecule has 1 atom stereocenters. The smallest absolute Gasteiger partial charge is 0.406 e. The summed E-state index contributed by atoms with van der Waals surface area (Å²) in [6.07, 6.45) is -5.10. The SMILES string of the molecule is C=C(C)CN1CCC(C(=O)O)(C(F)(F)F)C1. The van der Waals surface area contributed by atoms with Crippen molar-refractivity contribution in [2.75, 3.05) is 19.6 Å². The molecule has 0 aromatic carbocycles. The molecule has 6 heteroatoms. The van der Waals surface area contributed by atoms with Gasteiger partial charge in [-0.3, -0.25) is 9.69 Å². The lowest BCUT2D eigenvalue weighted by atomic mass is 9.86. The first kappa shape index (κ1) is 13.0. The minimum atomic E-state index is -4.71. The molecule has 0 spiro atoms. The predicted molar refractivity (Wildman–Crippen MR) is 52.0 cm³/mol. The second-order valence-corrected chi connectivity index (χ2v) is 4.30.